The van der Waals surface area contributed by atoms with E-state index >= 15 is 0 Å². The number of fused-ring (bicyclic) bond motifs is 2. The van der Waals surface area contributed by atoms with Crippen molar-refractivity contribution in [2.75, 3.05) is 20.6 Å². The van der Waals surface area contributed by atoms with E-state index in [1.54, 1.807) is 4.80 Å². The first-order valence-corrected chi connectivity index (χ1v) is 8.57. The summed E-state index contributed by atoms with van der Waals surface area (Å²) in [6.45, 7) is 2.30. The van der Waals surface area contributed by atoms with E-state index in [1.165, 1.54) is 0 Å². The van der Waals surface area contributed by atoms with Crippen LogP contribution in [-0.2, 0) is 13.1 Å². The van der Waals surface area contributed by atoms with Gasteiger partial charge in [-0.2, -0.15) is 15.0 Å². The Hall–Kier alpha value is -2.44. The molecule has 0 aliphatic heterocycles. The van der Waals surface area contributed by atoms with Gasteiger partial charge in [-0.3, -0.25) is 0 Å². The summed E-state index contributed by atoms with van der Waals surface area (Å²) < 4.78 is 2.22. The lowest BCUT2D eigenvalue weighted by atomic mass is 10.3. The summed E-state index contributed by atoms with van der Waals surface area (Å²) in [5.74, 6) is 0.930. The zero-order valence-corrected chi connectivity index (χ0v) is 15.0. The zero-order chi connectivity index (χ0) is 17.4. The SMILES string of the molecule is CN(C)CCn1c(Cn2nc3ccccc3n2)nc2cc(Cl)ccc21. The fourth-order valence-corrected chi connectivity index (χ4v) is 3.09. The number of likely N-dealkylation sites (N-methyl/N-ethyl adjacent to an activating group) is 1. The van der Waals surface area contributed by atoms with Crippen molar-refractivity contribution in [2.45, 2.75) is 13.1 Å². The van der Waals surface area contributed by atoms with Crippen LogP contribution in [0.15, 0.2) is 42.5 Å². The second kappa shape index (κ2) is 6.46. The first-order chi connectivity index (χ1) is 12.1. The Balaban J connectivity index is 1.74. The topological polar surface area (TPSA) is 51.8 Å². The molecule has 0 aliphatic carbocycles. The first kappa shape index (κ1) is 16.1. The molecule has 0 radical (unpaired) electrons. The van der Waals surface area contributed by atoms with Crippen LogP contribution in [0.1, 0.15) is 5.82 Å². The highest BCUT2D eigenvalue weighted by atomic mass is 35.5. The minimum Gasteiger partial charge on any atom is -0.325 e. The first-order valence-electron chi connectivity index (χ1n) is 8.19. The molecule has 0 spiro atoms. The van der Waals surface area contributed by atoms with Gasteiger partial charge in [-0.25, -0.2) is 4.98 Å². The number of nitrogens with zero attached hydrogens (tertiary/aromatic N) is 6. The van der Waals surface area contributed by atoms with E-state index in [9.17, 15) is 0 Å². The molecule has 0 unspecified atom stereocenters. The van der Waals surface area contributed by atoms with Gasteiger partial charge in [0.15, 0.2) is 0 Å². The lowest BCUT2D eigenvalue weighted by Crippen LogP contribution is -2.20. The maximum Gasteiger partial charge on any atom is 0.133 e. The highest BCUT2D eigenvalue weighted by Crippen LogP contribution is 2.21. The predicted molar refractivity (Wildman–Crippen MR) is 99.9 cm³/mol. The standard InChI is InChI=1S/C18H19ClN6/c1-23(2)9-10-24-17-8-7-13(19)11-16(17)20-18(24)12-25-21-14-5-3-4-6-15(14)22-25/h3-8,11H,9-10,12H2,1-2H3. The van der Waals surface area contributed by atoms with E-state index < -0.39 is 0 Å². The van der Waals surface area contributed by atoms with Crippen LogP contribution in [0, 0.1) is 0 Å². The van der Waals surface area contributed by atoms with Gasteiger partial charge in [-0.15, -0.1) is 0 Å². The summed E-state index contributed by atoms with van der Waals surface area (Å²) >= 11 is 6.13. The maximum atomic E-state index is 6.13. The van der Waals surface area contributed by atoms with Gasteiger partial charge >= 0.3 is 0 Å². The van der Waals surface area contributed by atoms with E-state index in [0.29, 0.717) is 11.6 Å². The van der Waals surface area contributed by atoms with Crippen molar-refractivity contribution in [3.8, 4) is 0 Å². The van der Waals surface area contributed by atoms with Crippen LogP contribution in [0.25, 0.3) is 22.1 Å². The monoisotopic (exact) mass is 354 g/mol. The smallest absolute Gasteiger partial charge is 0.133 e. The molecule has 2 aromatic heterocycles. The van der Waals surface area contributed by atoms with Gasteiger partial charge in [0.2, 0.25) is 0 Å². The molecule has 4 rings (SSSR count). The molecule has 0 N–H and O–H groups in total. The summed E-state index contributed by atoms with van der Waals surface area (Å²) in [5.41, 5.74) is 3.76. The number of hydrogen-bond acceptors (Lipinski definition) is 4. The van der Waals surface area contributed by atoms with Crippen molar-refractivity contribution in [3.05, 3.63) is 53.3 Å². The van der Waals surface area contributed by atoms with Crippen molar-refractivity contribution in [1.29, 1.82) is 0 Å². The van der Waals surface area contributed by atoms with Crippen molar-refractivity contribution < 1.29 is 0 Å². The largest absolute Gasteiger partial charge is 0.325 e. The van der Waals surface area contributed by atoms with Gasteiger partial charge in [0.05, 0.1) is 11.0 Å². The molecule has 128 valence electrons. The van der Waals surface area contributed by atoms with E-state index in [2.05, 4.69) is 33.8 Å². The summed E-state index contributed by atoms with van der Waals surface area (Å²) in [7, 11) is 4.13. The minimum absolute atomic E-state index is 0.522. The molecule has 0 fully saturated rings. The average Bonchev–Trinajstić information content (AvgIpc) is 3.12. The lowest BCUT2D eigenvalue weighted by Gasteiger charge is -2.13. The molecule has 0 atom stereocenters. The number of imidazole rings is 1. The van der Waals surface area contributed by atoms with Gasteiger partial charge in [-0.1, -0.05) is 23.7 Å². The van der Waals surface area contributed by atoms with E-state index in [0.717, 1.165) is 41.0 Å². The fraction of sp³-hybridized carbons (Fsp3) is 0.278. The minimum atomic E-state index is 0.522. The predicted octanol–water partition coefficient (Wildman–Crippen LogP) is 3.04. The molecule has 0 saturated carbocycles. The third kappa shape index (κ3) is 3.23. The Kier molecular flexibility index (Phi) is 4.15. The van der Waals surface area contributed by atoms with E-state index in [1.807, 2.05) is 42.5 Å². The quantitative estimate of drug-likeness (QED) is 0.552. The van der Waals surface area contributed by atoms with Crippen LogP contribution in [0.3, 0.4) is 0 Å². The van der Waals surface area contributed by atoms with Crippen LogP contribution < -0.4 is 0 Å². The van der Waals surface area contributed by atoms with Gasteiger partial charge in [0.1, 0.15) is 23.4 Å². The second-order valence-electron chi connectivity index (χ2n) is 6.34. The Labute approximate surface area is 150 Å². The molecule has 25 heavy (non-hydrogen) atoms. The summed E-state index contributed by atoms with van der Waals surface area (Å²) in [5, 5.41) is 9.79. The van der Waals surface area contributed by atoms with Crippen LogP contribution in [0.2, 0.25) is 5.02 Å². The summed E-state index contributed by atoms with van der Waals surface area (Å²) in [6, 6.07) is 13.7. The van der Waals surface area contributed by atoms with Crippen LogP contribution in [0.4, 0.5) is 0 Å². The molecule has 6 nitrogen and oxygen atoms in total. The molecular formula is C18H19ClN6. The second-order valence-corrected chi connectivity index (χ2v) is 6.77. The van der Waals surface area contributed by atoms with Crippen molar-refractivity contribution in [2.24, 2.45) is 0 Å². The van der Waals surface area contributed by atoms with Gasteiger partial charge in [-0.05, 0) is 44.4 Å². The number of rotatable bonds is 5. The van der Waals surface area contributed by atoms with Gasteiger partial charge in [0, 0.05) is 18.1 Å². The van der Waals surface area contributed by atoms with Crippen LogP contribution >= 0.6 is 11.6 Å². The molecular weight excluding hydrogens is 336 g/mol. The molecule has 0 bridgehead atoms. The molecule has 0 amide bonds. The van der Waals surface area contributed by atoms with Gasteiger partial charge in [0.25, 0.3) is 0 Å². The Morgan fingerprint density at radius 3 is 2.40 bits per heavy atom. The maximum absolute atomic E-state index is 6.13. The van der Waals surface area contributed by atoms with Crippen LogP contribution in [0.5, 0.6) is 0 Å². The summed E-state index contributed by atoms with van der Waals surface area (Å²) in [4.78, 5) is 8.64. The number of aromatic nitrogens is 5. The summed E-state index contributed by atoms with van der Waals surface area (Å²) in [6.07, 6.45) is 0. The van der Waals surface area contributed by atoms with E-state index in [4.69, 9.17) is 16.6 Å². The third-order valence-corrected chi connectivity index (χ3v) is 4.41. The normalized spacial score (nSPS) is 11.8. The average molecular weight is 355 g/mol. The van der Waals surface area contributed by atoms with Crippen molar-refractivity contribution in [1.82, 2.24) is 29.4 Å². The van der Waals surface area contributed by atoms with E-state index in [-0.39, 0.29) is 0 Å². The molecule has 4 aromatic rings. The number of hydrogen-bond donors (Lipinski definition) is 0. The molecule has 0 aliphatic rings. The number of halogens is 1. The van der Waals surface area contributed by atoms with Crippen molar-refractivity contribution >= 4 is 33.7 Å². The Morgan fingerprint density at radius 2 is 1.72 bits per heavy atom. The molecule has 2 heterocycles. The third-order valence-electron chi connectivity index (χ3n) is 4.17. The van der Waals surface area contributed by atoms with Crippen molar-refractivity contribution in [3.63, 3.8) is 0 Å². The highest BCUT2D eigenvalue weighted by molar-refractivity contribution is 6.31. The molecule has 2 aromatic carbocycles. The van der Waals surface area contributed by atoms with Crippen LogP contribution in [-0.4, -0.2) is 50.1 Å². The molecule has 0 saturated heterocycles. The highest BCUT2D eigenvalue weighted by Gasteiger charge is 2.13. The zero-order valence-electron chi connectivity index (χ0n) is 14.2. The number of benzene rings is 2. The lowest BCUT2D eigenvalue weighted by molar-refractivity contribution is 0.381. The molecule has 7 heteroatoms. The Morgan fingerprint density at radius 1 is 1.00 bits per heavy atom. The fourth-order valence-electron chi connectivity index (χ4n) is 2.92. The Bertz CT molecular complexity index is 1000. The van der Waals surface area contributed by atoms with Gasteiger partial charge < -0.3 is 9.47 Å².